The largest absolute Gasteiger partial charge is 0.481 e. The third-order valence-corrected chi connectivity index (χ3v) is 6.30. The number of ketones is 1. The van der Waals surface area contributed by atoms with E-state index in [0.29, 0.717) is 6.42 Å². The van der Waals surface area contributed by atoms with Crippen molar-refractivity contribution in [3.63, 3.8) is 0 Å². The minimum Gasteiger partial charge on any atom is -0.481 e. The fourth-order valence-corrected chi connectivity index (χ4v) is 5.59. The number of methoxy groups -OCH3 is 1. The summed E-state index contributed by atoms with van der Waals surface area (Å²) in [7, 11) is 1.81. The Balaban J connectivity index is 1.88. The van der Waals surface area contributed by atoms with Crippen molar-refractivity contribution in [1.29, 1.82) is 0 Å². The first-order valence-corrected chi connectivity index (χ1v) is 7.83. The van der Waals surface area contributed by atoms with Gasteiger partial charge in [-0.05, 0) is 37.4 Å². The maximum Gasteiger partial charge on any atom is 0.174 e. The summed E-state index contributed by atoms with van der Waals surface area (Å²) in [5.41, 5.74) is 2.01. The summed E-state index contributed by atoms with van der Waals surface area (Å²) >= 11 is 0. The Kier molecular flexibility index (Phi) is 2.13. The van der Waals surface area contributed by atoms with Crippen LogP contribution >= 0.6 is 0 Å². The number of benzene rings is 1. The van der Waals surface area contributed by atoms with E-state index in [0.717, 1.165) is 31.6 Å². The van der Waals surface area contributed by atoms with E-state index >= 15 is 0 Å². The minimum atomic E-state index is -0.354. The SMILES string of the molecule is CO[C@@]12CCC(=O)[C@@H]3Oc4cccc5c4[C@@]31CCN[C@@H]2C5. The van der Waals surface area contributed by atoms with Gasteiger partial charge in [0.15, 0.2) is 11.9 Å². The molecule has 0 radical (unpaired) electrons. The topological polar surface area (TPSA) is 47.6 Å². The number of nitrogens with one attached hydrogen (secondary N) is 1. The van der Waals surface area contributed by atoms with Gasteiger partial charge in [-0.3, -0.25) is 4.79 Å². The Bertz CT molecular complexity index is 657. The molecule has 4 nitrogen and oxygen atoms in total. The molecular formula is C17H19NO3. The molecule has 1 N–H and O–H groups in total. The summed E-state index contributed by atoms with van der Waals surface area (Å²) in [6.07, 6.45) is 2.88. The number of hydrogen-bond donors (Lipinski definition) is 1. The second kappa shape index (κ2) is 3.68. The fraction of sp³-hybridized carbons (Fsp3) is 0.588. The van der Waals surface area contributed by atoms with Crippen LogP contribution in [0.4, 0.5) is 0 Å². The first-order valence-electron chi connectivity index (χ1n) is 7.83. The summed E-state index contributed by atoms with van der Waals surface area (Å²) in [6, 6.07) is 6.52. The van der Waals surface area contributed by atoms with E-state index in [-0.39, 0.29) is 28.9 Å². The molecule has 21 heavy (non-hydrogen) atoms. The highest BCUT2D eigenvalue weighted by atomic mass is 16.5. The molecule has 2 heterocycles. The van der Waals surface area contributed by atoms with E-state index in [1.807, 2.05) is 12.1 Å². The predicted octanol–water partition coefficient (Wildman–Crippen LogP) is 1.35. The lowest BCUT2D eigenvalue weighted by Gasteiger charge is -2.61. The van der Waals surface area contributed by atoms with Crippen molar-refractivity contribution in [3.05, 3.63) is 29.3 Å². The Morgan fingerprint density at radius 1 is 1.38 bits per heavy atom. The Hall–Kier alpha value is -1.39. The van der Waals surface area contributed by atoms with Crippen LogP contribution in [0, 0.1) is 0 Å². The first-order chi connectivity index (χ1) is 10.2. The molecular weight excluding hydrogens is 266 g/mol. The molecule has 2 aliphatic heterocycles. The Morgan fingerprint density at radius 2 is 2.29 bits per heavy atom. The highest BCUT2D eigenvalue weighted by Crippen LogP contribution is 2.62. The van der Waals surface area contributed by atoms with Gasteiger partial charge < -0.3 is 14.8 Å². The van der Waals surface area contributed by atoms with Gasteiger partial charge in [0.1, 0.15) is 5.75 Å². The highest BCUT2D eigenvalue weighted by molar-refractivity contribution is 5.89. The summed E-state index contributed by atoms with van der Waals surface area (Å²) < 4.78 is 12.3. The monoisotopic (exact) mass is 285 g/mol. The molecule has 1 aromatic rings. The van der Waals surface area contributed by atoms with Crippen LogP contribution in [-0.4, -0.2) is 37.2 Å². The van der Waals surface area contributed by atoms with Crippen molar-refractivity contribution in [3.8, 4) is 5.75 Å². The van der Waals surface area contributed by atoms with Crippen LogP contribution in [0.1, 0.15) is 30.4 Å². The number of hydrogen-bond acceptors (Lipinski definition) is 4. The van der Waals surface area contributed by atoms with E-state index in [9.17, 15) is 4.79 Å². The minimum absolute atomic E-state index is 0.243. The number of Topliss-reactive ketones (excluding diaryl/α,β-unsaturated/α-hetero) is 1. The van der Waals surface area contributed by atoms with E-state index in [4.69, 9.17) is 9.47 Å². The molecule has 2 fully saturated rings. The summed E-state index contributed by atoms with van der Waals surface area (Å²) in [6.45, 7) is 0.927. The molecule has 1 saturated carbocycles. The quantitative estimate of drug-likeness (QED) is 0.846. The van der Waals surface area contributed by atoms with Gasteiger partial charge in [0.25, 0.3) is 0 Å². The Labute approximate surface area is 123 Å². The van der Waals surface area contributed by atoms with E-state index < -0.39 is 0 Å². The van der Waals surface area contributed by atoms with Gasteiger partial charge in [0, 0.05) is 25.1 Å². The molecule has 4 heteroatoms. The van der Waals surface area contributed by atoms with E-state index in [1.54, 1.807) is 7.11 Å². The first kappa shape index (κ1) is 12.2. The molecule has 1 spiro atoms. The third kappa shape index (κ3) is 1.12. The lowest BCUT2D eigenvalue weighted by molar-refractivity contribution is -0.177. The van der Waals surface area contributed by atoms with Crippen LogP contribution in [0.3, 0.4) is 0 Å². The molecule has 1 saturated heterocycles. The molecule has 0 aromatic heterocycles. The van der Waals surface area contributed by atoms with Crippen LogP contribution < -0.4 is 10.1 Å². The summed E-state index contributed by atoms with van der Waals surface area (Å²) in [5, 5.41) is 3.64. The van der Waals surface area contributed by atoms with Crippen molar-refractivity contribution < 1.29 is 14.3 Å². The lowest BCUT2D eigenvalue weighted by Crippen LogP contribution is -2.76. The van der Waals surface area contributed by atoms with Gasteiger partial charge in [-0.2, -0.15) is 0 Å². The van der Waals surface area contributed by atoms with Crippen molar-refractivity contribution >= 4 is 5.78 Å². The molecule has 0 amide bonds. The van der Waals surface area contributed by atoms with Crippen molar-refractivity contribution in [2.24, 2.45) is 0 Å². The molecule has 5 rings (SSSR count). The lowest BCUT2D eigenvalue weighted by atomic mass is 9.49. The molecule has 4 atom stereocenters. The number of carbonyl (C=O) groups is 1. The van der Waals surface area contributed by atoms with Gasteiger partial charge in [0.2, 0.25) is 0 Å². The molecule has 1 aromatic carbocycles. The van der Waals surface area contributed by atoms with Gasteiger partial charge in [-0.25, -0.2) is 0 Å². The second-order valence-corrected chi connectivity index (χ2v) is 6.78. The molecule has 4 aliphatic rings. The van der Waals surface area contributed by atoms with Crippen molar-refractivity contribution in [2.45, 2.75) is 48.8 Å². The van der Waals surface area contributed by atoms with E-state index in [2.05, 4.69) is 11.4 Å². The van der Waals surface area contributed by atoms with Crippen LogP contribution in [0.15, 0.2) is 18.2 Å². The third-order valence-electron chi connectivity index (χ3n) is 6.30. The summed E-state index contributed by atoms with van der Waals surface area (Å²) in [5.74, 6) is 1.15. The predicted molar refractivity (Wildman–Crippen MR) is 76.6 cm³/mol. The molecule has 2 aliphatic carbocycles. The van der Waals surface area contributed by atoms with Crippen molar-refractivity contribution in [1.82, 2.24) is 5.32 Å². The standard InChI is InChI=1S/C17H19NO3/c1-20-17-6-5-11(19)15-16(17)7-8-18-13(17)9-10-3-2-4-12(21-15)14(10)16/h2-4,13,15,18H,5-9H2,1H3/t13-,15+,16+,17-/m1/s1. The maximum atomic E-state index is 12.6. The normalized spacial score (nSPS) is 42.4. The average molecular weight is 285 g/mol. The zero-order valence-electron chi connectivity index (χ0n) is 12.1. The Morgan fingerprint density at radius 3 is 3.14 bits per heavy atom. The number of carbonyl (C=O) groups excluding carboxylic acids is 1. The average Bonchev–Trinajstić information content (AvgIpc) is 2.83. The number of rotatable bonds is 1. The summed E-state index contributed by atoms with van der Waals surface area (Å²) in [4.78, 5) is 12.6. The second-order valence-electron chi connectivity index (χ2n) is 6.78. The highest BCUT2D eigenvalue weighted by Gasteiger charge is 2.72. The molecule has 2 bridgehead atoms. The fourth-order valence-electron chi connectivity index (χ4n) is 5.59. The van der Waals surface area contributed by atoms with Crippen molar-refractivity contribution in [2.75, 3.05) is 13.7 Å². The zero-order valence-corrected chi connectivity index (χ0v) is 12.1. The van der Waals surface area contributed by atoms with Gasteiger partial charge in [0.05, 0.1) is 11.0 Å². The van der Waals surface area contributed by atoms with Gasteiger partial charge in [-0.15, -0.1) is 0 Å². The van der Waals surface area contributed by atoms with Gasteiger partial charge in [-0.1, -0.05) is 12.1 Å². The van der Waals surface area contributed by atoms with Crippen LogP contribution in [0.25, 0.3) is 0 Å². The van der Waals surface area contributed by atoms with Crippen LogP contribution in [-0.2, 0) is 21.4 Å². The smallest absolute Gasteiger partial charge is 0.174 e. The maximum absolute atomic E-state index is 12.6. The van der Waals surface area contributed by atoms with Crippen LogP contribution in [0.5, 0.6) is 5.75 Å². The molecule has 110 valence electrons. The van der Waals surface area contributed by atoms with Crippen LogP contribution in [0.2, 0.25) is 0 Å². The van der Waals surface area contributed by atoms with Gasteiger partial charge >= 0.3 is 0 Å². The zero-order chi connectivity index (χ0) is 14.2. The molecule has 0 unspecified atom stereocenters. The number of ether oxygens (including phenoxy) is 2. The number of piperidine rings is 1. The van der Waals surface area contributed by atoms with E-state index in [1.165, 1.54) is 11.1 Å².